The third kappa shape index (κ3) is 4.06. The van der Waals surface area contributed by atoms with Crippen LogP contribution in [0.4, 0.5) is 13.2 Å². The number of carbonyl (C=O) groups excluding carboxylic acids is 1. The molecule has 34 heavy (non-hydrogen) atoms. The molecule has 2 atom stereocenters. The third-order valence-corrected chi connectivity index (χ3v) is 8.20. The zero-order valence-electron chi connectivity index (χ0n) is 17.3. The second kappa shape index (κ2) is 8.87. The minimum atomic E-state index is -4.88. The van der Waals surface area contributed by atoms with E-state index in [1.54, 1.807) is 0 Å². The first-order valence-corrected chi connectivity index (χ1v) is 13.0. The number of carbonyl (C=O) groups is 1. The predicted molar refractivity (Wildman–Crippen MR) is 124 cm³/mol. The molecule has 3 aromatic carbocycles. The van der Waals surface area contributed by atoms with Gasteiger partial charge in [-0.25, -0.2) is 0 Å². The molecule has 1 amide bonds. The zero-order chi connectivity index (χ0) is 24.8. The molecule has 0 saturated carbocycles. The molecule has 4 rings (SSSR count). The molecule has 0 radical (unpaired) electrons. The van der Waals surface area contributed by atoms with E-state index in [1.807, 2.05) is 0 Å². The van der Waals surface area contributed by atoms with Gasteiger partial charge in [-0.15, -0.1) is 0 Å². The molecule has 2 unspecified atom stereocenters. The van der Waals surface area contributed by atoms with Gasteiger partial charge < -0.3 is 0 Å². The standard InChI is InChI=1S/C22H15AsBrF3N2O4S/c1-29-20(30)22(28-21(29)23,13-8-9-16(25)15(24)11-13)12-4-2-5-14(10-12)33-34(31,32)19-17(26)6-3-7-18(19)27/h2-11H,23H2,1H3. The van der Waals surface area contributed by atoms with Crippen LogP contribution in [-0.2, 0) is 20.5 Å². The number of benzene rings is 3. The average Bonchev–Trinajstić information content (AvgIpc) is 3.00. The molecular weight excluding hydrogens is 600 g/mol. The van der Waals surface area contributed by atoms with Gasteiger partial charge in [0.2, 0.25) is 0 Å². The van der Waals surface area contributed by atoms with Gasteiger partial charge in [0.1, 0.15) is 0 Å². The minimum absolute atomic E-state index is 0.107. The molecule has 6 nitrogen and oxygen atoms in total. The Morgan fingerprint density at radius 3 is 2.18 bits per heavy atom. The molecule has 1 heterocycles. The van der Waals surface area contributed by atoms with Crippen LogP contribution in [0, 0.1) is 17.5 Å². The number of amidine groups is 1. The molecule has 0 bridgehead atoms. The van der Waals surface area contributed by atoms with E-state index in [1.165, 1.54) is 54.4 Å². The van der Waals surface area contributed by atoms with Crippen LogP contribution in [0.15, 0.2) is 75.0 Å². The van der Waals surface area contributed by atoms with Crippen LogP contribution in [0.3, 0.4) is 0 Å². The molecule has 0 fully saturated rings. The molecule has 0 spiro atoms. The van der Waals surface area contributed by atoms with Crippen molar-refractivity contribution in [2.24, 2.45) is 4.99 Å². The van der Waals surface area contributed by atoms with Gasteiger partial charge in [-0.2, -0.15) is 0 Å². The van der Waals surface area contributed by atoms with Crippen molar-refractivity contribution in [1.29, 1.82) is 0 Å². The normalized spacial score (nSPS) is 18.2. The molecule has 0 aromatic heterocycles. The summed E-state index contributed by atoms with van der Waals surface area (Å²) in [7, 11) is -3.35. The molecule has 0 N–H and O–H groups in total. The number of nitrogens with zero attached hydrogens (tertiary/aromatic N) is 2. The van der Waals surface area contributed by atoms with E-state index in [4.69, 9.17) is 4.18 Å². The summed E-state index contributed by atoms with van der Waals surface area (Å²) < 4.78 is 72.9. The van der Waals surface area contributed by atoms with E-state index in [0.29, 0.717) is 10.2 Å². The Kier molecular flexibility index (Phi) is 6.39. The van der Waals surface area contributed by atoms with Crippen molar-refractivity contribution >= 4 is 53.4 Å². The van der Waals surface area contributed by atoms with E-state index in [-0.39, 0.29) is 15.8 Å². The molecule has 3 aromatic rings. The summed E-state index contributed by atoms with van der Waals surface area (Å²) in [5.41, 5.74) is -1.11. The summed E-state index contributed by atoms with van der Waals surface area (Å²) in [5, 5.41) is 0. The zero-order valence-corrected chi connectivity index (χ0v) is 22.1. The van der Waals surface area contributed by atoms with Crippen LogP contribution < -0.4 is 4.18 Å². The van der Waals surface area contributed by atoms with Gasteiger partial charge in [0, 0.05) is 0 Å². The summed E-state index contributed by atoms with van der Waals surface area (Å²) in [6.45, 7) is 0. The number of hydrogen-bond donors (Lipinski definition) is 0. The van der Waals surface area contributed by atoms with Crippen molar-refractivity contribution in [2.45, 2.75) is 10.4 Å². The van der Waals surface area contributed by atoms with Crippen molar-refractivity contribution in [2.75, 3.05) is 7.05 Å². The van der Waals surface area contributed by atoms with Gasteiger partial charge >= 0.3 is 211 Å². The first-order chi connectivity index (χ1) is 16.0. The predicted octanol–water partition coefficient (Wildman–Crippen LogP) is 3.34. The van der Waals surface area contributed by atoms with Crippen molar-refractivity contribution < 1.29 is 30.6 Å². The second-order valence-corrected chi connectivity index (χ2v) is 10.7. The number of aliphatic imine (C=N–C) groups is 1. The number of hydrogen-bond acceptors (Lipinski definition) is 5. The molecular formula is C22H15AsBrF3N2O4S. The number of amides is 1. The first-order valence-electron chi connectivity index (χ1n) is 9.55. The van der Waals surface area contributed by atoms with Gasteiger partial charge in [0.25, 0.3) is 0 Å². The van der Waals surface area contributed by atoms with Gasteiger partial charge in [-0.05, 0) is 0 Å². The number of likely N-dealkylation sites (N-methyl/N-ethyl adjacent to an activating group) is 1. The average molecular weight is 615 g/mol. The van der Waals surface area contributed by atoms with Gasteiger partial charge in [-0.1, -0.05) is 0 Å². The topological polar surface area (TPSA) is 76.0 Å². The van der Waals surface area contributed by atoms with Gasteiger partial charge in [0.15, 0.2) is 0 Å². The summed E-state index contributed by atoms with van der Waals surface area (Å²) in [6.07, 6.45) is 0. The molecule has 12 heteroatoms. The van der Waals surface area contributed by atoms with Gasteiger partial charge in [-0.3, -0.25) is 0 Å². The monoisotopic (exact) mass is 614 g/mol. The molecule has 0 saturated heterocycles. The van der Waals surface area contributed by atoms with Crippen molar-refractivity contribution in [3.63, 3.8) is 0 Å². The quantitative estimate of drug-likeness (QED) is 0.326. The Labute approximate surface area is 210 Å². The SMILES string of the molecule is CN1C(=O)C(c2cccc(OS(=O)(=O)c3c(F)cccc3F)c2)(c2ccc(F)c(Br)c2)N=C1[AsH2]. The van der Waals surface area contributed by atoms with Crippen LogP contribution >= 0.6 is 15.9 Å². The van der Waals surface area contributed by atoms with Crippen LogP contribution in [0.25, 0.3) is 0 Å². The third-order valence-electron chi connectivity index (χ3n) is 5.20. The van der Waals surface area contributed by atoms with Crippen LogP contribution in [0.2, 0.25) is 0 Å². The molecule has 0 aliphatic carbocycles. The number of rotatable bonds is 5. The molecule has 176 valence electrons. The Morgan fingerprint density at radius 2 is 1.59 bits per heavy atom. The van der Waals surface area contributed by atoms with Crippen LogP contribution in [-0.4, -0.2) is 47.7 Å². The van der Waals surface area contributed by atoms with Crippen molar-refractivity contribution in [1.82, 2.24) is 4.90 Å². The Bertz CT molecular complexity index is 1450. The fourth-order valence-corrected chi connectivity index (χ4v) is 5.65. The molecule has 1 aliphatic heterocycles. The fourth-order valence-electron chi connectivity index (χ4n) is 3.57. The van der Waals surface area contributed by atoms with Crippen molar-refractivity contribution in [3.8, 4) is 5.75 Å². The van der Waals surface area contributed by atoms with E-state index in [9.17, 15) is 26.4 Å². The summed E-state index contributed by atoms with van der Waals surface area (Å²) >= 11 is 4.19. The maximum absolute atomic E-state index is 14.1. The van der Waals surface area contributed by atoms with E-state index in [0.717, 1.165) is 35.1 Å². The Morgan fingerprint density at radius 1 is 0.971 bits per heavy atom. The second-order valence-electron chi connectivity index (χ2n) is 7.29. The van der Waals surface area contributed by atoms with E-state index >= 15 is 0 Å². The summed E-state index contributed by atoms with van der Waals surface area (Å²) in [5.74, 6) is -3.90. The Balaban J connectivity index is 1.85. The first kappa shape index (κ1) is 24.5. The van der Waals surface area contributed by atoms with Crippen molar-refractivity contribution in [3.05, 3.63) is 93.7 Å². The maximum atomic E-state index is 14.1. The summed E-state index contributed by atoms with van der Waals surface area (Å²) in [6, 6.07) is 12.1. The van der Waals surface area contributed by atoms with Crippen LogP contribution in [0.5, 0.6) is 5.75 Å². The molecule has 1 aliphatic rings. The van der Waals surface area contributed by atoms with Gasteiger partial charge in [0.05, 0.1) is 0 Å². The number of halogens is 4. The summed E-state index contributed by atoms with van der Waals surface area (Å²) in [4.78, 5) is 18.1. The Hall–Kier alpha value is -2.62. The fraction of sp³-hybridized carbons (Fsp3) is 0.0909. The van der Waals surface area contributed by atoms with E-state index in [2.05, 4.69) is 20.9 Å². The van der Waals surface area contributed by atoms with E-state index < -0.39 is 43.9 Å². The van der Waals surface area contributed by atoms with Crippen LogP contribution in [0.1, 0.15) is 11.1 Å².